The Labute approximate surface area is 92.8 Å². The molecule has 1 saturated heterocycles. The van der Waals surface area contributed by atoms with Crippen LogP contribution in [0.1, 0.15) is 19.8 Å². The fourth-order valence-electron chi connectivity index (χ4n) is 1.08. The van der Waals surface area contributed by atoms with E-state index >= 15 is 0 Å². The molecule has 86 valence electrons. The first-order valence-electron chi connectivity index (χ1n) is 5.00. The van der Waals surface area contributed by atoms with Crippen molar-refractivity contribution in [1.29, 1.82) is 0 Å². The number of nitrogens with zero attached hydrogens (tertiary/aromatic N) is 2. The number of aromatic nitrogens is 1. The molecule has 16 heavy (non-hydrogen) atoms. The minimum atomic E-state index is -0.479. The number of pyridine rings is 1. The van der Waals surface area contributed by atoms with Crippen LogP contribution in [0.5, 0.6) is 0 Å². The van der Waals surface area contributed by atoms with Gasteiger partial charge in [0.05, 0.1) is 4.92 Å². The van der Waals surface area contributed by atoms with Crippen LogP contribution in [0.3, 0.4) is 0 Å². The largest absolute Gasteiger partial charge is 0.343 e. The fraction of sp³-hybridized carbons (Fsp3) is 0.400. The quantitative estimate of drug-likeness (QED) is 0.474. The van der Waals surface area contributed by atoms with E-state index in [1.807, 2.05) is 0 Å². The van der Waals surface area contributed by atoms with Crippen LogP contribution in [0.25, 0.3) is 0 Å². The minimum Gasteiger partial charge on any atom is -0.343 e. The Hall–Kier alpha value is -1.98. The van der Waals surface area contributed by atoms with E-state index in [2.05, 4.69) is 17.2 Å². The lowest BCUT2D eigenvalue weighted by Crippen LogP contribution is -1.86. The number of carbonyl (C=O) groups is 1. The third kappa shape index (κ3) is 4.04. The van der Waals surface area contributed by atoms with Gasteiger partial charge in [0.2, 0.25) is 5.91 Å². The van der Waals surface area contributed by atoms with Gasteiger partial charge in [0.25, 0.3) is 5.69 Å². The Balaban J connectivity index is 0.000000165. The first-order chi connectivity index (χ1) is 7.65. The van der Waals surface area contributed by atoms with Crippen molar-refractivity contribution in [1.82, 2.24) is 10.3 Å². The number of nitrogens with one attached hydrogen (secondary N) is 1. The molecule has 6 heteroatoms. The lowest BCUT2D eigenvalue weighted by molar-refractivity contribution is -0.385. The van der Waals surface area contributed by atoms with Gasteiger partial charge in [0.1, 0.15) is 12.2 Å². The van der Waals surface area contributed by atoms with Gasteiger partial charge < -0.3 is 5.32 Å². The van der Waals surface area contributed by atoms with E-state index in [9.17, 15) is 14.9 Å². The van der Waals surface area contributed by atoms with E-state index in [4.69, 9.17) is 0 Å². The van der Waals surface area contributed by atoms with Crippen molar-refractivity contribution in [3.8, 4) is 0 Å². The summed E-state index contributed by atoms with van der Waals surface area (Å²) in [5, 5.41) is 12.7. The highest BCUT2D eigenvalue weighted by Crippen LogP contribution is 2.06. The van der Waals surface area contributed by atoms with Crippen molar-refractivity contribution < 1.29 is 9.72 Å². The van der Waals surface area contributed by atoms with Gasteiger partial charge in [-0.2, -0.15) is 0 Å². The van der Waals surface area contributed by atoms with Crippen LogP contribution in [0.4, 0.5) is 5.69 Å². The van der Waals surface area contributed by atoms with Gasteiger partial charge in [0.15, 0.2) is 0 Å². The molecule has 1 aromatic heterocycles. The summed E-state index contributed by atoms with van der Waals surface area (Å²) in [6, 6.07) is 3.15. The molecule has 0 aliphatic carbocycles. The summed E-state index contributed by atoms with van der Waals surface area (Å²) in [5.41, 5.74) is 0.0255. The van der Waals surface area contributed by atoms with E-state index < -0.39 is 4.92 Å². The van der Waals surface area contributed by atoms with Crippen molar-refractivity contribution in [2.75, 3.05) is 0 Å². The Morgan fingerprint density at radius 2 is 2.31 bits per heavy atom. The molecule has 6 nitrogen and oxygen atoms in total. The summed E-state index contributed by atoms with van der Waals surface area (Å²) >= 11 is 0. The van der Waals surface area contributed by atoms with Gasteiger partial charge in [0, 0.05) is 12.3 Å². The maximum Gasteiger partial charge on any atom is 0.287 e. The standard InChI is InChI=1S/C5H4N2O2.C5H9NO/c8-7(9)5-2-1-3-6-4-5;1-2-3-4-5(7)6-4/h1-4H;4H,2-3H2,1H3,(H,6,7). The molecule has 0 bridgehead atoms. The van der Waals surface area contributed by atoms with E-state index in [1.54, 1.807) is 0 Å². The highest BCUT2D eigenvalue weighted by molar-refractivity contribution is 5.96. The predicted octanol–water partition coefficient (Wildman–Crippen LogP) is 1.27. The molecule has 2 rings (SSSR count). The van der Waals surface area contributed by atoms with Crippen LogP contribution in [-0.4, -0.2) is 21.9 Å². The predicted molar refractivity (Wildman–Crippen MR) is 57.7 cm³/mol. The molecule has 1 unspecified atom stereocenters. The summed E-state index contributed by atoms with van der Waals surface area (Å²) in [4.78, 5) is 23.2. The zero-order valence-electron chi connectivity index (χ0n) is 8.92. The number of rotatable bonds is 3. The average molecular weight is 223 g/mol. The molecule has 0 spiro atoms. The van der Waals surface area contributed by atoms with E-state index in [1.165, 1.54) is 24.5 Å². The van der Waals surface area contributed by atoms with Crippen LogP contribution in [-0.2, 0) is 4.79 Å². The maximum atomic E-state index is 10.2. The molecule has 0 saturated carbocycles. The van der Waals surface area contributed by atoms with Crippen LogP contribution < -0.4 is 5.32 Å². The molecule has 1 fully saturated rings. The van der Waals surface area contributed by atoms with Crippen molar-refractivity contribution in [3.63, 3.8) is 0 Å². The molecular weight excluding hydrogens is 210 g/mol. The Morgan fingerprint density at radius 3 is 2.56 bits per heavy atom. The first kappa shape index (κ1) is 12.1. The fourth-order valence-corrected chi connectivity index (χ4v) is 1.08. The number of hydrogen-bond donors (Lipinski definition) is 1. The van der Waals surface area contributed by atoms with E-state index in [0.29, 0.717) is 0 Å². The third-order valence-corrected chi connectivity index (χ3v) is 1.98. The van der Waals surface area contributed by atoms with Gasteiger partial charge in [-0.15, -0.1) is 0 Å². The summed E-state index contributed by atoms with van der Waals surface area (Å²) in [6.45, 7) is 2.08. The summed E-state index contributed by atoms with van der Waals surface area (Å²) in [5.74, 6) is 0.224. The van der Waals surface area contributed by atoms with E-state index in [0.717, 1.165) is 12.8 Å². The van der Waals surface area contributed by atoms with Gasteiger partial charge in [-0.3, -0.25) is 19.9 Å². The number of amides is 1. The second kappa shape index (κ2) is 5.79. The van der Waals surface area contributed by atoms with Gasteiger partial charge in [-0.05, 0) is 12.5 Å². The van der Waals surface area contributed by atoms with Crippen molar-refractivity contribution in [3.05, 3.63) is 34.6 Å². The van der Waals surface area contributed by atoms with Crippen LogP contribution in [0.2, 0.25) is 0 Å². The average Bonchev–Trinajstić information content (AvgIpc) is 2.97. The molecule has 0 radical (unpaired) electrons. The van der Waals surface area contributed by atoms with Gasteiger partial charge in [-0.25, -0.2) is 0 Å². The zero-order chi connectivity index (χ0) is 12.0. The summed E-state index contributed by atoms with van der Waals surface area (Å²) < 4.78 is 0. The Bertz CT molecular complexity index is 367. The third-order valence-electron chi connectivity index (χ3n) is 1.98. The number of carbonyl (C=O) groups excluding carboxylic acids is 1. The highest BCUT2D eigenvalue weighted by atomic mass is 16.6. The molecule has 1 N–H and O–H groups in total. The lowest BCUT2D eigenvalue weighted by Gasteiger charge is -1.84. The SMILES string of the molecule is CCCC1NC1=O.O=[N+]([O-])c1cccnc1. The lowest BCUT2D eigenvalue weighted by atomic mass is 10.3. The molecule has 1 amide bonds. The number of nitro groups is 1. The Kier molecular flexibility index (Phi) is 4.38. The maximum absolute atomic E-state index is 10.2. The second-order valence-corrected chi connectivity index (χ2v) is 3.32. The first-order valence-corrected chi connectivity index (χ1v) is 5.00. The highest BCUT2D eigenvalue weighted by Gasteiger charge is 2.31. The molecule has 1 aliphatic rings. The topological polar surface area (TPSA) is 95.0 Å². The Morgan fingerprint density at radius 1 is 1.62 bits per heavy atom. The molecule has 0 aromatic carbocycles. The van der Waals surface area contributed by atoms with Crippen molar-refractivity contribution in [2.24, 2.45) is 0 Å². The monoisotopic (exact) mass is 223 g/mol. The summed E-state index contributed by atoms with van der Waals surface area (Å²) in [6.07, 6.45) is 4.81. The van der Waals surface area contributed by atoms with E-state index in [-0.39, 0.29) is 17.6 Å². The molecule has 1 atom stereocenters. The van der Waals surface area contributed by atoms with Crippen LogP contribution in [0.15, 0.2) is 24.5 Å². The van der Waals surface area contributed by atoms with Crippen molar-refractivity contribution >= 4 is 11.6 Å². The molecule has 1 aliphatic heterocycles. The summed E-state index contributed by atoms with van der Waals surface area (Å²) in [7, 11) is 0. The number of hydrogen-bond acceptors (Lipinski definition) is 4. The second-order valence-electron chi connectivity index (χ2n) is 3.32. The molecule has 1 aromatic rings. The normalized spacial score (nSPS) is 16.8. The molecular formula is C10H13N3O3. The van der Waals surface area contributed by atoms with Crippen molar-refractivity contribution in [2.45, 2.75) is 25.8 Å². The smallest absolute Gasteiger partial charge is 0.287 e. The zero-order valence-corrected chi connectivity index (χ0v) is 8.92. The molecule has 2 heterocycles. The van der Waals surface area contributed by atoms with Gasteiger partial charge >= 0.3 is 0 Å². The van der Waals surface area contributed by atoms with Crippen LogP contribution >= 0.6 is 0 Å². The van der Waals surface area contributed by atoms with Gasteiger partial charge in [-0.1, -0.05) is 13.3 Å². The van der Waals surface area contributed by atoms with Crippen LogP contribution in [0, 0.1) is 10.1 Å². The minimum absolute atomic E-state index is 0.0255.